The Morgan fingerprint density at radius 1 is 1.18 bits per heavy atom. The number of nitrogens with zero attached hydrogens (tertiary/aromatic N) is 1. The number of nitrogens with two attached hydrogens (primary N) is 1. The molecule has 0 amide bonds. The maximum Gasteiger partial charge on any atom is 0.159 e. The molecule has 2 N–H and O–H groups in total. The smallest absolute Gasteiger partial charge is 0.159 e. The van der Waals surface area contributed by atoms with Gasteiger partial charge in [-0.05, 0) is 30.9 Å². The van der Waals surface area contributed by atoms with E-state index in [0.717, 1.165) is 17.4 Å². The van der Waals surface area contributed by atoms with Gasteiger partial charge in [-0.1, -0.05) is 49.2 Å². The Kier molecular flexibility index (Phi) is 4.92. The molecule has 0 radical (unpaired) electrons. The predicted molar refractivity (Wildman–Crippen MR) is 76.8 cm³/mol. The lowest BCUT2D eigenvalue weighted by Gasteiger charge is -2.20. The molecule has 0 aromatic heterocycles. The summed E-state index contributed by atoms with van der Waals surface area (Å²) in [6.45, 7) is 0. The van der Waals surface area contributed by atoms with Gasteiger partial charge >= 0.3 is 0 Å². The van der Waals surface area contributed by atoms with E-state index in [1.165, 1.54) is 32.1 Å². The lowest BCUT2D eigenvalue weighted by molar-refractivity contribution is 0.391. The molecule has 0 saturated heterocycles. The molecule has 0 spiro atoms. The van der Waals surface area contributed by atoms with Crippen LogP contribution in [0.25, 0.3) is 0 Å². The summed E-state index contributed by atoms with van der Waals surface area (Å²) in [5.74, 6) is 1.97. The molecule has 1 fully saturated rings. The molecular weight excluding hydrogens is 228 g/mol. The zero-order chi connectivity index (χ0) is 11.9. The van der Waals surface area contributed by atoms with Crippen molar-refractivity contribution in [2.75, 3.05) is 5.75 Å². The van der Waals surface area contributed by atoms with Crippen LogP contribution >= 0.6 is 11.8 Å². The molecule has 1 aliphatic rings. The SMILES string of the molecule is NC(=Nc1ccccc1)SCC1CCCCC1. The van der Waals surface area contributed by atoms with Gasteiger partial charge in [-0.3, -0.25) is 0 Å². The highest BCUT2D eigenvalue weighted by atomic mass is 32.2. The van der Waals surface area contributed by atoms with Gasteiger partial charge in [0.15, 0.2) is 5.17 Å². The van der Waals surface area contributed by atoms with Crippen molar-refractivity contribution in [3.05, 3.63) is 30.3 Å². The van der Waals surface area contributed by atoms with E-state index in [2.05, 4.69) is 4.99 Å². The maximum atomic E-state index is 5.94. The average Bonchev–Trinajstić information content (AvgIpc) is 2.39. The van der Waals surface area contributed by atoms with Crippen LogP contribution in [0.2, 0.25) is 0 Å². The first-order chi connectivity index (χ1) is 8.34. The van der Waals surface area contributed by atoms with Crippen molar-refractivity contribution in [1.82, 2.24) is 0 Å². The molecular formula is C14H20N2S. The Morgan fingerprint density at radius 3 is 2.59 bits per heavy atom. The Morgan fingerprint density at radius 2 is 1.88 bits per heavy atom. The zero-order valence-corrected chi connectivity index (χ0v) is 11.0. The van der Waals surface area contributed by atoms with Gasteiger partial charge in [0, 0.05) is 5.75 Å². The van der Waals surface area contributed by atoms with Crippen molar-refractivity contribution >= 4 is 22.6 Å². The summed E-state index contributed by atoms with van der Waals surface area (Å²) < 4.78 is 0. The molecule has 1 aromatic rings. The van der Waals surface area contributed by atoms with Gasteiger partial charge in [0.2, 0.25) is 0 Å². The third-order valence-corrected chi connectivity index (χ3v) is 4.21. The lowest BCUT2D eigenvalue weighted by atomic mass is 9.91. The normalized spacial score (nSPS) is 18.2. The number of hydrogen-bond acceptors (Lipinski definition) is 2. The minimum absolute atomic E-state index is 0.696. The van der Waals surface area contributed by atoms with Crippen LogP contribution in [0, 0.1) is 5.92 Å². The fourth-order valence-corrected chi connectivity index (χ4v) is 3.13. The summed E-state index contributed by atoms with van der Waals surface area (Å²) in [5.41, 5.74) is 6.88. The molecule has 2 nitrogen and oxygen atoms in total. The van der Waals surface area contributed by atoms with Gasteiger partial charge in [0.25, 0.3) is 0 Å². The maximum absolute atomic E-state index is 5.94. The minimum Gasteiger partial charge on any atom is -0.378 e. The Balaban J connectivity index is 1.80. The summed E-state index contributed by atoms with van der Waals surface area (Å²) in [6, 6.07) is 9.92. The van der Waals surface area contributed by atoms with Crippen LogP contribution < -0.4 is 5.73 Å². The van der Waals surface area contributed by atoms with E-state index in [4.69, 9.17) is 5.73 Å². The van der Waals surface area contributed by atoms with E-state index in [-0.39, 0.29) is 0 Å². The largest absolute Gasteiger partial charge is 0.378 e. The summed E-state index contributed by atoms with van der Waals surface area (Å²) >= 11 is 1.71. The van der Waals surface area contributed by atoms with Crippen LogP contribution in [0.5, 0.6) is 0 Å². The van der Waals surface area contributed by atoms with Gasteiger partial charge in [-0.25, -0.2) is 4.99 Å². The molecule has 0 aliphatic heterocycles. The van der Waals surface area contributed by atoms with Crippen LogP contribution in [0.4, 0.5) is 5.69 Å². The Bertz CT molecular complexity index is 356. The van der Waals surface area contributed by atoms with Crippen molar-refractivity contribution < 1.29 is 0 Å². The van der Waals surface area contributed by atoms with Crippen molar-refractivity contribution in [1.29, 1.82) is 0 Å². The number of rotatable bonds is 3. The van der Waals surface area contributed by atoms with Gasteiger partial charge in [0.05, 0.1) is 5.69 Å². The standard InChI is InChI=1S/C14H20N2S/c15-14(16-13-9-5-2-6-10-13)17-11-12-7-3-1-4-8-12/h2,5-6,9-10,12H,1,3-4,7-8,11H2,(H2,15,16). The second kappa shape index (κ2) is 6.70. The third-order valence-electron chi connectivity index (χ3n) is 3.19. The van der Waals surface area contributed by atoms with Crippen molar-refractivity contribution in [3.63, 3.8) is 0 Å². The monoisotopic (exact) mass is 248 g/mol. The number of benzene rings is 1. The first-order valence-corrected chi connectivity index (χ1v) is 7.35. The molecule has 1 aromatic carbocycles. The molecule has 1 saturated carbocycles. The van der Waals surface area contributed by atoms with Gasteiger partial charge in [-0.2, -0.15) is 0 Å². The predicted octanol–water partition coefficient (Wildman–Crippen LogP) is 3.95. The number of para-hydroxylation sites is 1. The van der Waals surface area contributed by atoms with E-state index in [0.29, 0.717) is 5.17 Å². The summed E-state index contributed by atoms with van der Waals surface area (Å²) in [4.78, 5) is 4.40. The first kappa shape index (κ1) is 12.5. The van der Waals surface area contributed by atoms with Crippen LogP contribution in [-0.4, -0.2) is 10.9 Å². The number of aliphatic imine (C=N–C) groups is 1. The van der Waals surface area contributed by atoms with Crippen LogP contribution in [0.1, 0.15) is 32.1 Å². The number of thioether (sulfide) groups is 1. The van der Waals surface area contributed by atoms with Gasteiger partial charge in [-0.15, -0.1) is 0 Å². The molecule has 3 heteroatoms. The molecule has 0 unspecified atom stereocenters. The van der Waals surface area contributed by atoms with Crippen LogP contribution in [0.15, 0.2) is 35.3 Å². The fourth-order valence-electron chi connectivity index (χ4n) is 2.22. The van der Waals surface area contributed by atoms with Crippen LogP contribution in [-0.2, 0) is 0 Å². The van der Waals surface area contributed by atoms with Crippen LogP contribution in [0.3, 0.4) is 0 Å². The number of amidine groups is 1. The highest BCUT2D eigenvalue weighted by Gasteiger charge is 2.13. The molecule has 2 rings (SSSR count). The second-order valence-corrected chi connectivity index (χ2v) is 5.64. The average molecular weight is 248 g/mol. The molecule has 1 aliphatic carbocycles. The van der Waals surface area contributed by atoms with E-state index in [1.807, 2.05) is 30.3 Å². The summed E-state index contributed by atoms with van der Waals surface area (Å²) in [5, 5.41) is 0.696. The molecule has 0 bridgehead atoms. The van der Waals surface area contributed by atoms with Crippen molar-refractivity contribution in [3.8, 4) is 0 Å². The molecule has 92 valence electrons. The lowest BCUT2D eigenvalue weighted by Crippen LogP contribution is -2.13. The first-order valence-electron chi connectivity index (χ1n) is 6.36. The van der Waals surface area contributed by atoms with E-state index in [9.17, 15) is 0 Å². The third kappa shape index (κ3) is 4.43. The zero-order valence-electron chi connectivity index (χ0n) is 10.1. The summed E-state index contributed by atoms with van der Waals surface area (Å²) in [6.07, 6.45) is 6.92. The fraction of sp³-hybridized carbons (Fsp3) is 0.500. The highest BCUT2D eigenvalue weighted by molar-refractivity contribution is 8.13. The summed E-state index contributed by atoms with van der Waals surface area (Å²) in [7, 11) is 0. The van der Waals surface area contributed by atoms with Gasteiger partial charge in [0.1, 0.15) is 0 Å². The molecule has 0 atom stereocenters. The molecule has 17 heavy (non-hydrogen) atoms. The minimum atomic E-state index is 0.696. The topological polar surface area (TPSA) is 38.4 Å². The number of hydrogen-bond donors (Lipinski definition) is 1. The van der Waals surface area contributed by atoms with E-state index >= 15 is 0 Å². The highest BCUT2D eigenvalue weighted by Crippen LogP contribution is 2.27. The van der Waals surface area contributed by atoms with Crippen molar-refractivity contribution in [2.24, 2.45) is 16.6 Å². The van der Waals surface area contributed by atoms with Gasteiger partial charge < -0.3 is 5.73 Å². The quantitative estimate of drug-likeness (QED) is 0.650. The van der Waals surface area contributed by atoms with E-state index < -0.39 is 0 Å². The Hall–Kier alpha value is -0.960. The second-order valence-electron chi connectivity index (χ2n) is 4.60. The molecule has 0 heterocycles. The van der Waals surface area contributed by atoms with Crippen molar-refractivity contribution in [2.45, 2.75) is 32.1 Å². The van der Waals surface area contributed by atoms with E-state index in [1.54, 1.807) is 11.8 Å². The Labute approximate surface area is 108 Å².